The Bertz CT molecular complexity index is 419. The number of carbonyl (C=O) groups excluding carboxylic acids is 3. The van der Waals surface area contributed by atoms with E-state index in [0.29, 0.717) is 6.54 Å². The first-order chi connectivity index (χ1) is 8.87. The van der Waals surface area contributed by atoms with Gasteiger partial charge in [0.05, 0.1) is 0 Å². The Balaban J connectivity index is 2.21. The van der Waals surface area contributed by atoms with Gasteiger partial charge in [-0.1, -0.05) is 6.42 Å². The molecule has 0 aromatic carbocycles. The number of nitrogens with one attached hydrogen (secondary N) is 1. The number of imide groups is 1. The molecule has 1 heterocycles. The standard InChI is InChI=1S/C13H21N3O3/c1-13(2)12(19)15-10(17)7-16(13)11(18)9-5-3-4-8(9)6-14/h8-9H,3-7,14H2,1-2H3,(H,15,17,19). The maximum atomic E-state index is 12.6. The van der Waals surface area contributed by atoms with Crippen LogP contribution in [0.4, 0.5) is 0 Å². The summed E-state index contributed by atoms with van der Waals surface area (Å²) in [5.41, 5.74) is 4.72. The van der Waals surface area contributed by atoms with Crippen LogP contribution in [-0.4, -0.2) is 41.2 Å². The van der Waals surface area contributed by atoms with Crippen molar-refractivity contribution in [2.24, 2.45) is 17.6 Å². The van der Waals surface area contributed by atoms with E-state index >= 15 is 0 Å². The van der Waals surface area contributed by atoms with Crippen LogP contribution in [0.1, 0.15) is 33.1 Å². The molecule has 0 bridgehead atoms. The van der Waals surface area contributed by atoms with Crippen molar-refractivity contribution in [3.63, 3.8) is 0 Å². The maximum absolute atomic E-state index is 12.6. The van der Waals surface area contributed by atoms with E-state index < -0.39 is 17.4 Å². The van der Waals surface area contributed by atoms with Crippen LogP contribution in [0.5, 0.6) is 0 Å². The third-order valence-corrected chi connectivity index (χ3v) is 4.33. The summed E-state index contributed by atoms with van der Waals surface area (Å²) in [6, 6.07) is 0. The lowest BCUT2D eigenvalue weighted by molar-refractivity contribution is -0.158. The summed E-state index contributed by atoms with van der Waals surface area (Å²) in [5, 5.41) is 2.27. The van der Waals surface area contributed by atoms with Crippen LogP contribution >= 0.6 is 0 Å². The predicted octanol–water partition coefficient (Wildman–Crippen LogP) is -0.375. The molecule has 3 N–H and O–H groups in total. The molecular weight excluding hydrogens is 246 g/mol. The fourth-order valence-corrected chi connectivity index (χ4v) is 2.98. The normalized spacial score (nSPS) is 30.4. The average Bonchev–Trinajstić information content (AvgIpc) is 2.81. The number of hydrogen-bond donors (Lipinski definition) is 2. The van der Waals surface area contributed by atoms with Crippen molar-refractivity contribution in [3.8, 4) is 0 Å². The summed E-state index contributed by atoms with van der Waals surface area (Å²) < 4.78 is 0. The van der Waals surface area contributed by atoms with Gasteiger partial charge in [-0.3, -0.25) is 19.7 Å². The molecule has 6 nitrogen and oxygen atoms in total. The molecule has 0 aromatic rings. The minimum atomic E-state index is -0.979. The largest absolute Gasteiger partial charge is 0.330 e. The van der Waals surface area contributed by atoms with E-state index in [9.17, 15) is 14.4 Å². The maximum Gasteiger partial charge on any atom is 0.252 e. The first-order valence-electron chi connectivity index (χ1n) is 6.73. The molecule has 1 aliphatic heterocycles. The van der Waals surface area contributed by atoms with E-state index in [0.717, 1.165) is 19.3 Å². The van der Waals surface area contributed by atoms with Crippen molar-refractivity contribution in [1.82, 2.24) is 10.2 Å². The van der Waals surface area contributed by atoms with Gasteiger partial charge in [-0.05, 0) is 39.2 Å². The summed E-state index contributed by atoms with van der Waals surface area (Å²) in [7, 11) is 0. The number of amides is 3. The summed E-state index contributed by atoms with van der Waals surface area (Å²) >= 11 is 0. The topological polar surface area (TPSA) is 92.5 Å². The van der Waals surface area contributed by atoms with E-state index in [-0.39, 0.29) is 24.3 Å². The summed E-state index contributed by atoms with van der Waals surface area (Å²) in [4.78, 5) is 37.4. The predicted molar refractivity (Wildman–Crippen MR) is 68.8 cm³/mol. The van der Waals surface area contributed by atoms with Crippen molar-refractivity contribution >= 4 is 17.7 Å². The summed E-state index contributed by atoms with van der Waals surface area (Å²) in [6.45, 7) is 3.76. The van der Waals surface area contributed by atoms with Gasteiger partial charge in [-0.2, -0.15) is 0 Å². The SMILES string of the molecule is CC1(C)C(=O)NC(=O)CN1C(=O)C1CCCC1CN. The molecule has 0 radical (unpaired) electrons. The number of nitrogens with two attached hydrogens (primary N) is 1. The molecule has 3 amide bonds. The third kappa shape index (κ3) is 2.36. The molecule has 1 aliphatic carbocycles. The number of hydrogen-bond acceptors (Lipinski definition) is 4. The second-order valence-corrected chi connectivity index (χ2v) is 5.89. The van der Waals surface area contributed by atoms with Crippen LogP contribution in [-0.2, 0) is 14.4 Å². The lowest BCUT2D eigenvalue weighted by Gasteiger charge is -2.42. The van der Waals surface area contributed by atoms with Crippen molar-refractivity contribution in [1.29, 1.82) is 0 Å². The Hall–Kier alpha value is -1.43. The molecule has 2 fully saturated rings. The smallest absolute Gasteiger partial charge is 0.252 e. The van der Waals surface area contributed by atoms with Gasteiger partial charge in [0.2, 0.25) is 11.8 Å². The Kier molecular flexibility index (Phi) is 3.62. The Morgan fingerprint density at radius 3 is 2.74 bits per heavy atom. The summed E-state index contributed by atoms with van der Waals surface area (Å²) in [5.74, 6) is -0.924. The minimum Gasteiger partial charge on any atom is -0.330 e. The van der Waals surface area contributed by atoms with E-state index in [1.807, 2.05) is 0 Å². The molecule has 1 saturated heterocycles. The highest BCUT2D eigenvalue weighted by molar-refractivity contribution is 6.06. The van der Waals surface area contributed by atoms with Crippen molar-refractivity contribution in [3.05, 3.63) is 0 Å². The van der Waals surface area contributed by atoms with Gasteiger partial charge in [0, 0.05) is 5.92 Å². The highest BCUT2D eigenvalue weighted by atomic mass is 16.2. The minimum absolute atomic E-state index is 0.0502. The van der Waals surface area contributed by atoms with Crippen molar-refractivity contribution in [2.75, 3.05) is 13.1 Å². The fraction of sp³-hybridized carbons (Fsp3) is 0.769. The number of piperazine rings is 1. The molecule has 0 aromatic heterocycles. The quantitative estimate of drug-likeness (QED) is 0.667. The van der Waals surface area contributed by atoms with Crippen LogP contribution in [0.2, 0.25) is 0 Å². The van der Waals surface area contributed by atoms with Crippen LogP contribution < -0.4 is 11.1 Å². The van der Waals surface area contributed by atoms with Gasteiger partial charge in [0.1, 0.15) is 12.1 Å². The molecule has 19 heavy (non-hydrogen) atoms. The second-order valence-electron chi connectivity index (χ2n) is 5.89. The highest BCUT2D eigenvalue weighted by Gasteiger charge is 2.46. The van der Waals surface area contributed by atoms with Crippen LogP contribution in [0, 0.1) is 11.8 Å². The molecular formula is C13H21N3O3. The van der Waals surface area contributed by atoms with Gasteiger partial charge in [-0.15, -0.1) is 0 Å². The molecule has 6 heteroatoms. The molecule has 2 aliphatic rings. The van der Waals surface area contributed by atoms with E-state index in [1.54, 1.807) is 13.8 Å². The number of nitrogens with zero attached hydrogens (tertiary/aromatic N) is 1. The first kappa shape index (κ1) is 14.0. The van der Waals surface area contributed by atoms with Gasteiger partial charge in [-0.25, -0.2) is 0 Å². The van der Waals surface area contributed by atoms with Crippen LogP contribution in [0.15, 0.2) is 0 Å². The van der Waals surface area contributed by atoms with Gasteiger partial charge in [0.15, 0.2) is 0 Å². The molecule has 106 valence electrons. The van der Waals surface area contributed by atoms with Crippen molar-refractivity contribution < 1.29 is 14.4 Å². The van der Waals surface area contributed by atoms with Crippen LogP contribution in [0.25, 0.3) is 0 Å². The Morgan fingerprint density at radius 1 is 1.42 bits per heavy atom. The Morgan fingerprint density at radius 2 is 2.11 bits per heavy atom. The molecule has 2 unspecified atom stereocenters. The highest BCUT2D eigenvalue weighted by Crippen LogP contribution is 2.34. The number of rotatable bonds is 2. The summed E-state index contributed by atoms with van der Waals surface area (Å²) in [6.07, 6.45) is 2.72. The zero-order chi connectivity index (χ0) is 14.2. The van der Waals surface area contributed by atoms with Gasteiger partial charge < -0.3 is 10.6 Å². The zero-order valence-electron chi connectivity index (χ0n) is 11.4. The molecule has 2 rings (SSSR count). The second kappa shape index (κ2) is 4.92. The van der Waals surface area contributed by atoms with Crippen molar-refractivity contribution in [2.45, 2.75) is 38.6 Å². The average molecular weight is 267 g/mol. The monoisotopic (exact) mass is 267 g/mol. The number of carbonyl (C=O) groups is 3. The fourth-order valence-electron chi connectivity index (χ4n) is 2.98. The van der Waals surface area contributed by atoms with E-state index in [4.69, 9.17) is 5.73 Å². The van der Waals surface area contributed by atoms with E-state index in [1.165, 1.54) is 4.90 Å². The van der Waals surface area contributed by atoms with Crippen LogP contribution in [0.3, 0.4) is 0 Å². The first-order valence-corrected chi connectivity index (χ1v) is 6.73. The Labute approximate surface area is 112 Å². The lowest BCUT2D eigenvalue weighted by atomic mass is 9.90. The lowest BCUT2D eigenvalue weighted by Crippen LogP contribution is -2.66. The molecule has 1 saturated carbocycles. The van der Waals surface area contributed by atoms with Gasteiger partial charge >= 0.3 is 0 Å². The van der Waals surface area contributed by atoms with E-state index in [2.05, 4.69) is 5.32 Å². The van der Waals surface area contributed by atoms with Gasteiger partial charge in [0.25, 0.3) is 5.91 Å². The third-order valence-electron chi connectivity index (χ3n) is 4.33. The molecule has 0 spiro atoms. The zero-order valence-corrected chi connectivity index (χ0v) is 11.4. The molecule has 2 atom stereocenters.